The van der Waals surface area contributed by atoms with Crippen molar-refractivity contribution in [2.45, 2.75) is 200 Å². The van der Waals surface area contributed by atoms with Crippen molar-refractivity contribution < 1.29 is 28.6 Å². The van der Waals surface area contributed by atoms with Gasteiger partial charge in [-0.3, -0.25) is 14.4 Å². The standard InChI is InChI=1S/C60H92O6/c1-4-7-10-13-16-19-22-24-26-27-28-29-30-31-32-33-35-36-38-41-44-47-50-53-59(62)65-56-57(55-64-58(61)52-49-46-43-40-21-18-15-12-9-6-3)66-60(63)54-51-48-45-42-39-37-34-25-23-20-17-14-11-8-5-2/h7-8,10-12,15-17,19-20,24-26,28-29,31-32,34-36,39,41-42,44,57H,4-6,9,13-14,18,21-23,27,30,33,37-38,40,43,45-56H2,1-3H3/b10-7-,11-8-,15-12-,19-16-,20-17-,26-24-,29-28-,32-31-,34-25-,36-35-,42-39-,44-41-. The van der Waals surface area contributed by atoms with Crippen molar-refractivity contribution in [1.82, 2.24) is 0 Å². The molecule has 0 amide bonds. The van der Waals surface area contributed by atoms with Gasteiger partial charge in [-0.1, -0.05) is 192 Å². The molecule has 0 aromatic rings. The van der Waals surface area contributed by atoms with Crippen molar-refractivity contribution in [3.63, 3.8) is 0 Å². The molecule has 1 atom stereocenters. The number of unbranched alkanes of at least 4 members (excludes halogenated alkanes) is 9. The molecule has 0 rings (SSSR count). The Morgan fingerprint density at radius 3 is 1.03 bits per heavy atom. The van der Waals surface area contributed by atoms with Gasteiger partial charge in [0.25, 0.3) is 0 Å². The maximum atomic E-state index is 12.8. The number of carbonyl (C=O) groups is 3. The average Bonchev–Trinajstić information content (AvgIpc) is 3.31. The molecule has 0 aromatic carbocycles. The van der Waals surface area contributed by atoms with Gasteiger partial charge in [-0.2, -0.15) is 0 Å². The predicted octanol–water partition coefficient (Wildman–Crippen LogP) is 17.3. The summed E-state index contributed by atoms with van der Waals surface area (Å²) in [6.45, 7) is 6.22. The van der Waals surface area contributed by atoms with Crippen LogP contribution in [-0.2, 0) is 28.6 Å². The Morgan fingerprint density at radius 2 is 0.606 bits per heavy atom. The Hall–Kier alpha value is -4.71. The first kappa shape index (κ1) is 61.3. The Kier molecular flexibility index (Phi) is 49.1. The summed E-state index contributed by atoms with van der Waals surface area (Å²) in [6, 6.07) is 0. The van der Waals surface area contributed by atoms with Crippen LogP contribution in [0.4, 0.5) is 0 Å². The normalized spacial score (nSPS) is 13.3. The molecule has 0 radical (unpaired) electrons. The van der Waals surface area contributed by atoms with Crippen LogP contribution < -0.4 is 0 Å². The maximum Gasteiger partial charge on any atom is 0.306 e. The molecule has 6 nitrogen and oxygen atoms in total. The molecule has 0 saturated carbocycles. The molecule has 66 heavy (non-hydrogen) atoms. The predicted molar refractivity (Wildman–Crippen MR) is 283 cm³/mol. The lowest BCUT2D eigenvalue weighted by Crippen LogP contribution is -2.30. The Bertz CT molecular complexity index is 1510. The van der Waals surface area contributed by atoms with E-state index in [1.165, 1.54) is 12.8 Å². The Labute approximate surface area is 404 Å². The fourth-order valence-electron chi connectivity index (χ4n) is 6.25. The molecule has 0 spiro atoms. The number of allylic oxidation sites excluding steroid dienone is 24. The van der Waals surface area contributed by atoms with Gasteiger partial charge in [0.2, 0.25) is 0 Å². The van der Waals surface area contributed by atoms with E-state index in [1.54, 1.807) is 0 Å². The van der Waals surface area contributed by atoms with Gasteiger partial charge >= 0.3 is 17.9 Å². The fourth-order valence-corrected chi connectivity index (χ4v) is 6.25. The summed E-state index contributed by atoms with van der Waals surface area (Å²) in [4.78, 5) is 37.9. The van der Waals surface area contributed by atoms with Crippen molar-refractivity contribution in [2.24, 2.45) is 0 Å². The molecule has 6 heteroatoms. The highest BCUT2D eigenvalue weighted by atomic mass is 16.6. The van der Waals surface area contributed by atoms with E-state index >= 15 is 0 Å². The van der Waals surface area contributed by atoms with Gasteiger partial charge in [0.1, 0.15) is 13.2 Å². The number of rotatable bonds is 44. The van der Waals surface area contributed by atoms with Gasteiger partial charge in [-0.15, -0.1) is 0 Å². The summed E-state index contributed by atoms with van der Waals surface area (Å²) in [6.07, 6.45) is 75.6. The van der Waals surface area contributed by atoms with Gasteiger partial charge in [0.15, 0.2) is 6.10 Å². The highest BCUT2D eigenvalue weighted by Gasteiger charge is 2.19. The van der Waals surface area contributed by atoms with Gasteiger partial charge in [-0.25, -0.2) is 0 Å². The fraction of sp³-hybridized carbons (Fsp3) is 0.550. The van der Waals surface area contributed by atoms with Crippen LogP contribution in [0.3, 0.4) is 0 Å². The third kappa shape index (κ3) is 50.3. The number of carbonyl (C=O) groups excluding carboxylic acids is 3. The molecule has 0 saturated heterocycles. The zero-order valence-corrected chi connectivity index (χ0v) is 41.9. The zero-order chi connectivity index (χ0) is 47.9. The molecule has 0 aliphatic heterocycles. The molecular weight excluding hydrogens is 817 g/mol. The van der Waals surface area contributed by atoms with Crippen molar-refractivity contribution in [1.29, 1.82) is 0 Å². The lowest BCUT2D eigenvalue weighted by Gasteiger charge is -2.18. The second-order valence-electron chi connectivity index (χ2n) is 16.3. The van der Waals surface area contributed by atoms with Crippen molar-refractivity contribution >= 4 is 17.9 Å². The minimum atomic E-state index is -0.832. The lowest BCUT2D eigenvalue weighted by molar-refractivity contribution is -0.167. The van der Waals surface area contributed by atoms with Gasteiger partial charge < -0.3 is 14.2 Å². The summed E-state index contributed by atoms with van der Waals surface area (Å²) >= 11 is 0. The number of hydrogen-bond donors (Lipinski definition) is 0. The van der Waals surface area contributed by atoms with Crippen molar-refractivity contribution in [3.05, 3.63) is 146 Å². The zero-order valence-electron chi connectivity index (χ0n) is 41.9. The molecule has 1 unspecified atom stereocenters. The van der Waals surface area contributed by atoms with E-state index in [4.69, 9.17) is 14.2 Å². The maximum absolute atomic E-state index is 12.8. The summed E-state index contributed by atoms with van der Waals surface area (Å²) in [5.41, 5.74) is 0. The first-order valence-electron chi connectivity index (χ1n) is 25.8. The SMILES string of the molecule is CC/C=C\C/C=C\C/C=C\C/C=C\C/C=C\C/C=C\C/C=C\CCCC(=O)OCC(COC(=O)CCCCCCC/C=C\CCC)OC(=O)CCCC/C=C\C/C=C\C/C=C\C/C=C\CC. The number of ether oxygens (including phenoxy) is 3. The van der Waals surface area contributed by atoms with Crippen LogP contribution in [0, 0.1) is 0 Å². The van der Waals surface area contributed by atoms with E-state index in [2.05, 4.69) is 167 Å². The van der Waals surface area contributed by atoms with Crippen LogP contribution in [0.15, 0.2) is 146 Å². The van der Waals surface area contributed by atoms with Gasteiger partial charge in [0.05, 0.1) is 0 Å². The van der Waals surface area contributed by atoms with Crippen molar-refractivity contribution in [2.75, 3.05) is 13.2 Å². The minimum Gasteiger partial charge on any atom is -0.462 e. The summed E-state index contributed by atoms with van der Waals surface area (Å²) in [5, 5.41) is 0. The van der Waals surface area contributed by atoms with E-state index < -0.39 is 6.10 Å². The molecule has 368 valence electrons. The second-order valence-corrected chi connectivity index (χ2v) is 16.3. The van der Waals surface area contributed by atoms with E-state index in [-0.39, 0.29) is 44.0 Å². The molecule has 0 heterocycles. The lowest BCUT2D eigenvalue weighted by atomic mass is 10.1. The van der Waals surface area contributed by atoms with Crippen LogP contribution in [0.25, 0.3) is 0 Å². The van der Waals surface area contributed by atoms with Crippen molar-refractivity contribution in [3.8, 4) is 0 Å². The monoisotopic (exact) mass is 909 g/mol. The highest BCUT2D eigenvalue weighted by Crippen LogP contribution is 2.11. The molecule has 0 N–H and O–H groups in total. The third-order valence-electron chi connectivity index (χ3n) is 10.0. The van der Waals surface area contributed by atoms with Crippen LogP contribution in [0.5, 0.6) is 0 Å². The van der Waals surface area contributed by atoms with E-state index in [0.29, 0.717) is 19.3 Å². The Balaban J connectivity index is 4.52. The second kappa shape index (κ2) is 52.9. The molecule has 0 aliphatic carbocycles. The molecule has 0 aromatic heterocycles. The first-order chi connectivity index (χ1) is 32.5. The highest BCUT2D eigenvalue weighted by molar-refractivity contribution is 5.71. The van der Waals surface area contributed by atoms with Crippen LogP contribution in [-0.4, -0.2) is 37.2 Å². The number of esters is 3. The molecule has 0 bridgehead atoms. The largest absolute Gasteiger partial charge is 0.462 e. The summed E-state index contributed by atoms with van der Waals surface area (Å²) < 4.78 is 16.7. The Morgan fingerprint density at radius 1 is 0.318 bits per heavy atom. The quantitative estimate of drug-likeness (QED) is 0.0262. The van der Waals surface area contributed by atoms with Crippen LogP contribution in [0.2, 0.25) is 0 Å². The van der Waals surface area contributed by atoms with Gasteiger partial charge in [-0.05, 0) is 128 Å². The molecular formula is C60H92O6. The molecule has 0 fully saturated rings. The van der Waals surface area contributed by atoms with E-state index in [1.807, 2.05) is 0 Å². The smallest absolute Gasteiger partial charge is 0.306 e. The topological polar surface area (TPSA) is 78.9 Å². The molecule has 0 aliphatic rings. The summed E-state index contributed by atoms with van der Waals surface area (Å²) in [7, 11) is 0. The third-order valence-corrected chi connectivity index (χ3v) is 10.0. The van der Waals surface area contributed by atoms with Crippen LogP contribution >= 0.6 is 0 Å². The number of hydrogen-bond acceptors (Lipinski definition) is 6. The summed E-state index contributed by atoms with van der Waals surface area (Å²) in [5.74, 6) is -1.05. The van der Waals surface area contributed by atoms with E-state index in [0.717, 1.165) is 128 Å². The van der Waals surface area contributed by atoms with Gasteiger partial charge in [0, 0.05) is 19.3 Å². The minimum absolute atomic E-state index is 0.124. The first-order valence-corrected chi connectivity index (χ1v) is 25.8. The van der Waals surface area contributed by atoms with Crippen LogP contribution in [0.1, 0.15) is 194 Å². The van der Waals surface area contributed by atoms with E-state index in [9.17, 15) is 14.4 Å². The average molecular weight is 909 g/mol.